The molecule has 6 nitrogen and oxygen atoms in total. The number of hydrogen-bond donors (Lipinski definition) is 3. The van der Waals surface area contributed by atoms with Gasteiger partial charge in [-0.2, -0.15) is 0 Å². The molecule has 0 unspecified atom stereocenters. The molecule has 0 aromatic heterocycles. The average Bonchev–Trinajstić information content (AvgIpc) is 2.74. The topological polar surface area (TPSA) is 95.5 Å². The van der Waals surface area contributed by atoms with Crippen molar-refractivity contribution in [3.8, 4) is 0 Å². The highest BCUT2D eigenvalue weighted by molar-refractivity contribution is 8.00. The molecule has 3 N–H and O–H groups in total. The minimum atomic E-state index is -1.01. The zero-order valence-corrected chi connectivity index (χ0v) is 16.8. The van der Waals surface area contributed by atoms with Gasteiger partial charge in [-0.25, -0.2) is 4.79 Å². The molecule has 0 spiro atoms. The fourth-order valence-electron chi connectivity index (χ4n) is 2.66. The second-order valence-corrected chi connectivity index (χ2v) is 7.50. The van der Waals surface area contributed by atoms with Crippen molar-refractivity contribution in [1.82, 2.24) is 0 Å². The monoisotopic (exact) mass is 420 g/mol. The normalized spacial score (nSPS) is 10.3. The van der Waals surface area contributed by atoms with Gasteiger partial charge in [0.1, 0.15) is 0 Å². The number of rotatable bonds is 8. The summed E-state index contributed by atoms with van der Waals surface area (Å²) < 4.78 is 0. The summed E-state index contributed by atoms with van der Waals surface area (Å²) in [5.74, 6) is -1.08. The van der Waals surface area contributed by atoms with Gasteiger partial charge in [-0.15, -0.1) is 11.8 Å². The number of aromatic carboxylic acids is 1. The van der Waals surface area contributed by atoms with E-state index in [4.69, 9.17) is 5.11 Å². The van der Waals surface area contributed by atoms with Gasteiger partial charge in [0.2, 0.25) is 11.8 Å². The highest BCUT2D eigenvalue weighted by Gasteiger charge is 2.07. The number of carbonyl (C=O) groups excluding carboxylic acids is 2. The van der Waals surface area contributed by atoms with Crippen LogP contribution in [0.1, 0.15) is 15.9 Å². The highest BCUT2D eigenvalue weighted by Crippen LogP contribution is 2.21. The third-order valence-corrected chi connectivity index (χ3v) is 5.14. The first-order chi connectivity index (χ1) is 14.5. The van der Waals surface area contributed by atoms with Gasteiger partial charge in [0, 0.05) is 16.3 Å². The van der Waals surface area contributed by atoms with Gasteiger partial charge in [0.25, 0.3) is 0 Å². The lowest BCUT2D eigenvalue weighted by Crippen LogP contribution is -2.14. The van der Waals surface area contributed by atoms with Crippen molar-refractivity contribution in [2.45, 2.75) is 11.3 Å². The molecule has 0 aliphatic heterocycles. The van der Waals surface area contributed by atoms with Gasteiger partial charge in [0.05, 0.1) is 17.7 Å². The van der Waals surface area contributed by atoms with Gasteiger partial charge < -0.3 is 15.7 Å². The van der Waals surface area contributed by atoms with E-state index in [2.05, 4.69) is 10.6 Å². The van der Waals surface area contributed by atoms with Crippen LogP contribution in [0.5, 0.6) is 0 Å². The maximum Gasteiger partial charge on any atom is 0.335 e. The van der Waals surface area contributed by atoms with E-state index in [0.717, 1.165) is 10.5 Å². The third-order valence-electron chi connectivity index (χ3n) is 4.13. The average molecular weight is 420 g/mol. The Morgan fingerprint density at radius 1 is 0.733 bits per heavy atom. The Bertz CT molecular complexity index is 1020. The third kappa shape index (κ3) is 6.49. The number of carboxylic acids is 1. The van der Waals surface area contributed by atoms with E-state index in [0.29, 0.717) is 17.8 Å². The van der Waals surface area contributed by atoms with Crippen molar-refractivity contribution < 1.29 is 19.5 Å². The molecule has 0 saturated heterocycles. The van der Waals surface area contributed by atoms with Crippen LogP contribution in [0.15, 0.2) is 83.8 Å². The molecule has 0 radical (unpaired) electrons. The Kier molecular flexibility index (Phi) is 7.24. The van der Waals surface area contributed by atoms with Gasteiger partial charge in [-0.3, -0.25) is 9.59 Å². The largest absolute Gasteiger partial charge is 0.478 e. The van der Waals surface area contributed by atoms with Crippen molar-refractivity contribution >= 4 is 40.9 Å². The molecular weight excluding hydrogens is 400 g/mol. The molecule has 3 aromatic rings. The van der Waals surface area contributed by atoms with Crippen LogP contribution in [0, 0.1) is 0 Å². The summed E-state index contributed by atoms with van der Waals surface area (Å²) in [5, 5.41) is 14.5. The lowest BCUT2D eigenvalue weighted by atomic mass is 10.1. The second kappa shape index (κ2) is 10.3. The van der Waals surface area contributed by atoms with E-state index in [1.165, 1.54) is 23.9 Å². The van der Waals surface area contributed by atoms with Crippen molar-refractivity contribution in [2.75, 3.05) is 16.4 Å². The standard InChI is InChI=1S/C23H20N2O4S/c26-21(14-16-4-2-1-3-5-16)24-19-10-12-20(13-11-19)30-15-22(27)25-18-8-6-17(7-9-18)23(28)29/h1-13H,14-15H2,(H,24,26)(H,25,27)(H,28,29). The molecule has 30 heavy (non-hydrogen) atoms. The van der Waals surface area contributed by atoms with Crippen LogP contribution in [-0.4, -0.2) is 28.6 Å². The predicted molar refractivity (Wildman–Crippen MR) is 118 cm³/mol. The molecule has 0 atom stereocenters. The molecule has 0 fully saturated rings. The number of benzene rings is 3. The maximum atomic E-state index is 12.1. The van der Waals surface area contributed by atoms with E-state index >= 15 is 0 Å². The minimum absolute atomic E-state index is 0.0881. The fourth-order valence-corrected chi connectivity index (χ4v) is 3.36. The number of carboxylic acid groups (broad SMARTS) is 1. The van der Waals surface area contributed by atoms with Gasteiger partial charge in [0.15, 0.2) is 0 Å². The second-order valence-electron chi connectivity index (χ2n) is 6.45. The molecule has 152 valence electrons. The number of thioether (sulfide) groups is 1. The summed E-state index contributed by atoms with van der Waals surface area (Å²) in [5.41, 5.74) is 2.36. The molecule has 7 heteroatoms. The zero-order valence-electron chi connectivity index (χ0n) is 16.0. The predicted octanol–water partition coefficient (Wildman–Crippen LogP) is 4.30. The van der Waals surface area contributed by atoms with Crippen molar-refractivity contribution in [3.63, 3.8) is 0 Å². The highest BCUT2D eigenvalue weighted by atomic mass is 32.2. The number of hydrogen-bond acceptors (Lipinski definition) is 4. The van der Waals surface area contributed by atoms with Gasteiger partial charge in [-0.05, 0) is 54.1 Å². The van der Waals surface area contributed by atoms with Crippen LogP contribution < -0.4 is 10.6 Å². The molecule has 2 amide bonds. The number of amides is 2. The van der Waals surface area contributed by atoms with E-state index in [9.17, 15) is 14.4 Å². The Hall–Kier alpha value is -3.58. The molecule has 0 heterocycles. The van der Waals surface area contributed by atoms with E-state index in [-0.39, 0.29) is 23.1 Å². The quantitative estimate of drug-likeness (QED) is 0.472. The summed E-state index contributed by atoms with van der Waals surface area (Å²) in [7, 11) is 0. The zero-order chi connectivity index (χ0) is 21.3. The molecule has 3 rings (SSSR count). The van der Waals surface area contributed by atoms with E-state index in [1.54, 1.807) is 24.3 Å². The molecule has 0 bridgehead atoms. The smallest absolute Gasteiger partial charge is 0.335 e. The van der Waals surface area contributed by atoms with Crippen LogP contribution in [0.25, 0.3) is 0 Å². The first kappa shape index (κ1) is 21.1. The van der Waals surface area contributed by atoms with Crippen LogP contribution in [-0.2, 0) is 16.0 Å². The lowest BCUT2D eigenvalue weighted by Gasteiger charge is -2.08. The molecule has 0 saturated carbocycles. The first-order valence-electron chi connectivity index (χ1n) is 9.19. The summed E-state index contributed by atoms with van der Waals surface area (Å²) >= 11 is 1.37. The number of anilines is 2. The molecule has 0 aliphatic rings. The Morgan fingerprint density at radius 2 is 1.30 bits per heavy atom. The molecule has 3 aromatic carbocycles. The summed E-state index contributed by atoms with van der Waals surface area (Å²) in [6, 6.07) is 22.8. The van der Waals surface area contributed by atoms with Crippen molar-refractivity contribution in [2.24, 2.45) is 0 Å². The van der Waals surface area contributed by atoms with Crippen molar-refractivity contribution in [3.05, 3.63) is 90.0 Å². The van der Waals surface area contributed by atoms with Crippen LogP contribution in [0.4, 0.5) is 11.4 Å². The summed E-state index contributed by atoms with van der Waals surface area (Å²) in [6.45, 7) is 0. The molecule has 0 aliphatic carbocycles. The summed E-state index contributed by atoms with van der Waals surface area (Å²) in [6.07, 6.45) is 0.310. The van der Waals surface area contributed by atoms with Crippen LogP contribution >= 0.6 is 11.8 Å². The molecular formula is C23H20N2O4S. The number of nitrogens with one attached hydrogen (secondary N) is 2. The number of carbonyl (C=O) groups is 3. The van der Waals surface area contributed by atoms with E-state index in [1.807, 2.05) is 42.5 Å². The van der Waals surface area contributed by atoms with E-state index < -0.39 is 5.97 Å². The maximum absolute atomic E-state index is 12.1. The van der Waals surface area contributed by atoms with Crippen LogP contribution in [0.2, 0.25) is 0 Å². The van der Waals surface area contributed by atoms with Gasteiger partial charge >= 0.3 is 5.97 Å². The minimum Gasteiger partial charge on any atom is -0.478 e. The van der Waals surface area contributed by atoms with Gasteiger partial charge in [-0.1, -0.05) is 30.3 Å². The van der Waals surface area contributed by atoms with Crippen molar-refractivity contribution in [1.29, 1.82) is 0 Å². The SMILES string of the molecule is O=C(CSc1ccc(NC(=O)Cc2ccccc2)cc1)Nc1ccc(C(=O)O)cc1. The van der Waals surface area contributed by atoms with Crippen LogP contribution in [0.3, 0.4) is 0 Å². The first-order valence-corrected chi connectivity index (χ1v) is 10.2. The Morgan fingerprint density at radius 3 is 1.90 bits per heavy atom. The fraction of sp³-hybridized carbons (Fsp3) is 0.0870. The summed E-state index contributed by atoms with van der Waals surface area (Å²) in [4.78, 5) is 35.9. The Balaban J connectivity index is 1.45. The lowest BCUT2D eigenvalue weighted by molar-refractivity contribution is -0.115. The Labute approximate surface area is 178 Å².